The molecule has 0 radical (unpaired) electrons. The van der Waals surface area contributed by atoms with Crippen molar-refractivity contribution in [3.8, 4) is 0 Å². The topological polar surface area (TPSA) is 36.4 Å². The van der Waals surface area contributed by atoms with E-state index < -0.39 is 0 Å². The molecule has 23 heavy (non-hydrogen) atoms. The highest BCUT2D eigenvalue weighted by Crippen LogP contribution is 2.25. The summed E-state index contributed by atoms with van der Waals surface area (Å²) in [6, 6.07) is 1.97. The average Bonchev–Trinajstić information content (AvgIpc) is 2.57. The number of nitrogens with zero attached hydrogens (tertiary/aromatic N) is 3. The van der Waals surface area contributed by atoms with Gasteiger partial charge in [-0.25, -0.2) is 0 Å². The molecule has 1 aromatic heterocycles. The number of amides is 1. The van der Waals surface area contributed by atoms with Crippen molar-refractivity contribution in [3.05, 3.63) is 29.0 Å². The van der Waals surface area contributed by atoms with Crippen molar-refractivity contribution in [2.24, 2.45) is 11.8 Å². The molecule has 126 valence electrons. The maximum Gasteiger partial charge on any atom is 0.226 e. The average molecular weight is 336 g/mol. The molecule has 0 saturated carbocycles. The molecular weight excluding hydrogens is 310 g/mol. The Labute approximate surface area is 143 Å². The van der Waals surface area contributed by atoms with Gasteiger partial charge in [-0.3, -0.25) is 14.7 Å². The van der Waals surface area contributed by atoms with Crippen LogP contribution in [0.1, 0.15) is 38.2 Å². The van der Waals surface area contributed by atoms with Crippen molar-refractivity contribution < 1.29 is 4.79 Å². The number of hydrogen-bond acceptors (Lipinski definition) is 3. The van der Waals surface area contributed by atoms with E-state index in [0.717, 1.165) is 69.9 Å². The SMILES string of the molecule is CC1CCN(C(=O)[C@@H]2CCCN(Cc3ccncc3Cl)C2)CC1. The van der Waals surface area contributed by atoms with Crippen LogP contribution in [0.5, 0.6) is 0 Å². The summed E-state index contributed by atoms with van der Waals surface area (Å²) in [6.07, 6.45) is 7.87. The van der Waals surface area contributed by atoms with E-state index in [1.807, 2.05) is 6.07 Å². The van der Waals surface area contributed by atoms with Gasteiger partial charge in [-0.15, -0.1) is 0 Å². The highest BCUT2D eigenvalue weighted by atomic mass is 35.5. The van der Waals surface area contributed by atoms with Crippen molar-refractivity contribution in [3.63, 3.8) is 0 Å². The second-order valence-corrected chi connectivity index (χ2v) is 7.46. The summed E-state index contributed by atoms with van der Waals surface area (Å²) in [5, 5.41) is 0.714. The minimum atomic E-state index is 0.151. The van der Waals surface area contributed by atoms with Crippen LogP contribution < -0.4 is 0 Å². The summed E-state index contributed by atoms with van der Waals surface area (Å²) >= 11 is 6.21. The van der Waals surface area contributed by atoms with Crippen LogP contribution in [0.4, 0.5) is 0 Å². The van der Waals surface area contributed by atoms with Crippen LogP contribution in [-0.4, -0.2) is 46.9 Å². The molecule has 2 saturated heterocycles. The fraction of sp³-hybridized carbons (Fsp3) is 0.667. The van der Waals surface area contributed by atoms with Crippen LogP contribution in [0.25, 0.3) is 0 Å². The molecule has 1 aromatic rings. The predicted molar refractivity (Wildman–Crippen MR) is 92.2 cm³/mol. The van der Waals surface area contributed by atoms with Crippen LogP contribution in [0.3, 0.4) is 0 Å². The van der Waals surface area contributed by atoms with Gasteiger partial charge in [-0.2, -0.15) is 0 Å². The van der Waals surface area contributed by atoms with E-state index in [9.17, 15) is 4.79 Å². The summed E-state index contributed by atoms with van der Waals surface area (Å²) in [5.74, 6) is 1.27. The maximum absolute atomic E-state index is 12.8. The van der Waals surface area contributed by atoms with Gasteiger partial charge in [0.15, 0.2) is 0 Å². The Hall–Kier alpha value is -1.13. The first-order chi connectivity index (χ1) is 11.1. The van der Waals surface area contributed by atoms with Crippen LogP contribution in [0, 0.1) is 11.8 Å². The first-order valence-electron chi connectivity index (χ1n) is 8.73. The number of pyridine rings is 1. The molecule has 2 fully saturated rings. The first kappa shape index (κ1) is 16.7. The molecule has 0 aromatic carbocycles. The van der Waals surface area contributed by atoms with Crippen LogP contribution >= 0.6 is 11.6 Å². The molecule has 4 nitrogen and oxygen atoms in total. The lowest BCUT2D eigenvalue weighted by molar-refractivity contribution is -0.138. The van der Waals surface area contributed by atoms with E-state index in [4.69, 9.17) is 11.6 Å². The monoisotopic (exact) mass is 335 g/mol. The van der Waals surface area contributed by atoms with Crippen LogP contribution in [0.15, 0.2) is 18.5 Å². The van der Waals surface area contributed by atoms with Gasteiger partial charge < -0.3 is 4.90 Å². The first-order valence-corrected chi connectivity index (χ1v) is 9.11. The van der Waals surface area contributed by atoms with E-state index in [-0.39, 0.29) is 5.92 Å². The number of halogens is 1. The Morgan fingerprint density at radius 2 is 2.09 bits per heavy atom. The van der Waals surface area contributed by atoms with Crippen molar-refractivity contribution in [2.45, 2.75) is 39.2 Å². The third-order valence-electron chi connectivity index (χ3n) is 5.20. The van der Waals surface area contributed by atoms with Crippen molar-refractivity contribution in [1.29, 1.82) is 0 Å². The molecule has 0 unspecified atom stereocenters. The molecule has 1 amide bonds. The summed E-state index contributed by atoms with van der Waals surface area (Å²) in [7, 11) is 0. The van der Waals surface area contributed by atoms with Gasteiger partial charge in [0.05, 0.1) is 10.9 Å². The number of aromatic nitrogens is 1. The Kier molecular flexibility index (Phi) is 5.54. The second kappa shape index (κ2) is 7.63. The normalized spacial score (nSPS) is 23.9. The van der Waals surface area contributed by atoms with Crippen molar-refractivity contribution >= 4 is 17.5 Å². The summed E-state index contributed by atoms with van der Waals surface area (Å²) < 4.78 is 0. The molecule has 0 bridgehead atoms. The van der Waals surface area contributed by atoms with E-state index >= 15 is 0 Å². The largest absolute Gasteiger partial charge is 0.342 e. The second-order valence-electron chi connectivity index (χ2n) is 7.05. The summed E-state index contributed by atoms with van der Waals surface area (Å²) in [5.41, 5.74) is 1.10. The predicted octanol–water partition coefficient (Wildman–Crippen LogP) is 3.21. The van der Waals surface area contributed by atoms with E-state index in [1.54, 1.807) is 12.4 Å². The highest BCUT2D eigenvalue weighted by Gasteiger charge is 2.30. The van der Waals surface area contributed by atoms with Gasteiger partial charge in [0, 0.05) is 38.6 Å². The number of carbonyl (C=O) groups excluding carboxylic acids is 1. The molecule has 3 heterocycles. The lowest BCUT2D eigenvalue weighted by atomic mass is 9.93. The molecule has 5 heteroatoms. The smallest absolute Gasteiger partial charge is 0.226 e. The highest BCUT2D eigenvalue weighted by molar-refractivity contribution is 6.31. The molecule has 2 aliphatic heterocycles. The molecule has 3 rings (SSSR count). The zero-order valence-corrected chi connectivity index (χ0v) is 14.6. The maximum atomic E-state index is 12.8. The fourth-order valence-corrected chi connectivity index (χ4v) is 3.84. The molecular formula is C18H26ClN3O. The van der Waals surface area contributed by atoms with Crippen LogP contribution in [-0.2, 0) is 11.3 Å². The summed E-state index contributed by atoms with van der Waals surface area (Å²) in [6.45, 7) is 6.85. The minimum absolute atomic E-state index is 0.151. The van der Waals surface area contributed by atoms with Gasteiger partial charge in [-0.05, 0) is 49.8 Å². The minimum Gasteiger partial charge on any atom is -0.342 e. The number of likely N-dealkylation sites (tertiary alicyclic amines) is 2. The standard InChI is InChI=1S/C18H26ClN3O/c1-14-5-9-22(10-6-14)18(23)16-3-2-8-21(13-16)12-15-4-7-20-11-17(15)19/h4,7,11,14,16H,2-3,5-6,8-10,12-13H2,1H3/t16-/m1/s1. The van der Waals surface area contributed by atoms with Crippen molar-refractivity contribution in [1.82, 2.24) is 14.8 Å². The molecule has 0 aliphatic carbocycles. The van der Waals surface area contributed by atoms with Crippen molar-refractivity contribution in [2.75, 3.05) is 26.2 Å². The third kappa shape index (κ3) is 4.24. The Bertz CT molecular complexity index is 543. The summed E-state index contributed by atoms with van der Waals surface area (Å²) in [4.78, 5) is 21.3. The number of rotatable bonds is 3. The van der Waals surface area contributed by atoms with E-state index in [0.29, 0.717) is 10.9 Å². The van der Waals surface area contributed by atoms with Gasteiger partial charge in [0.2, 0.25) is 5.91 Å². The van der Waals surface area contributed by atoms with Gasteiger partial charge >= 0.3 is 0 Å². The van der Waals surface area contributed by atoms with Gasteiger partial charge in [0.1, 0.15) is 0 Å². The Balaban J connectivity index is 1.57. The molecule has 1 atom stereocenters. The van der Waals surface area contributed by atoms with E-state index in [1.165, 1.54) is 0 Å². The molecule has 0 spiro atoms. The van der Waals surface area contributed by atoms with Gasteiger partial charge in [0.25, 0.3) is 0 Å². The Morgan fingerprint density at radius 3 is 2.83 bits per heavy atom. The molecule has 0 N–H and O–H groups in total. The lowest BCUT2D eigenvalue weighted by Gasteiger charge is -2.37. The fourth-order valence-electron chi connectivity index (χ4n) is 3.66. The molecule has 2 aliphatic rings. The zero-order valence-electron chi connectivity index (χ0n) is 13.9. The third-order valence-corrected chi connectivity index (χ3v) is 5.54. The zero-order chi connectivity index (χ0) is 16.2. The van der Waals surface area contributed by atoms with E-state index in [2.05, 4.69) is 21.7 Å². The lowest BCUT2D eigenvalue weighted by Crippen LogP contribution is -2.46. The van der Waals surface area contributed by atoms with Gasteiger partial charge in [-0.1, -0.05) is 18.5 Å². The number of carbonyl (C=O) groups is 1. The number of hydrogen-bond donors (Lipinski definition) is 0. The van der Waals surface area contributed by atoms with Crippen LogP contribution in [0.2, 0.25) is 5.02 Å². The number of piperidine rings is 2. The Morgan fingerprint density at radius 1 is 1.30 bits per heavy atom. The quantitative estimate of drug-likeness (QED) is 0.851.